The quantitative estimate of drug-likeness (QED) is 0.472. The molecule has 0 spiro atoms. The minimum absolute atomic E-state index is 0.161. The zero-order chi connectivity index (χ0) is 14.7. The van der Waals surface area contributed by atoms with Crippen molar-refractivity contribution in [1.82, 2.24) is 5.43 Å². The third kappa shape index (κ3) is 3.22. The number of nitrogens with one attached hydrogen (secondary N) is 1. The minimum atomic E-state index is 0.161. The Morgan fingerprint density at radius 2 is 1.95 bits per heavy atom. The van der Waals surface area contributed by atoms with Gasteiger partial charge in [-0.25, -0.2) is 0 Å². The van der Waals surface area contributed by atoms with Crippen LogP contribution in [0.1, 0.15) is 35.9 Å². The number of halogens is 1. The molecule has 2 unspecified atom stereocenters. The summed E-state index contributed by atoms with van der Waals surface area (Å²) in [6.45, 7) is 0.783. The normalized spacial score (nSPS) is 18.7. The van der Waals surface area contributed by atoms with Gasteiger partial charge < -0.3 is 4.74 Å². The Labute approximate surface area is 139 Å². The minimum Gasteiger partial charge on any atom is -0.493 e. The summed E-state index contributed by atoms with van der Waals surface area (Å²) in [4.78, 5) is 0. The highest BCUT2D eigenvalue weighted by molar-refractivity contribution is 14.1. The van der Waals surface area contributed by atoms with E-state index in [1.807, 2.05) is 6.07 Å². The maximum Gasteiger partial charge on any atom is 0.122 e. The fraction of sp³-hybridized carbons (Fsp3) is 0.294. The van der Waals surface area contributed by atoms with Crippen LogP contribution in [0.3, 0.4) is 0 Å². The van der Waals surface area contributed by atoms with Gasteiger partial charge in [0, 0.05) is 9.61 Å². The summed E-state index contributed by atoms with van der Waals surface area (Å²) >= 11 is 2.37. The maximum atomic E-state index is 5.83. The van der Waals surface area contributed by atoms with Crippen LogP contribution in [-0.2, 0) is 0 Å². The summed E-state index contributed by atoms with van der Waals surface area (Å²) in [7, 11) is 0. The number of fused-ring (bicyclic) bond motifs is 1. The highest BCUT2D eigenvalue weighted by Gasteiger charge is 2.25. The molecular formula is C17H19IN2O. The van der Waals surface area contributed by atoms with Gasteiger partial charge in [0.25, 0.3) is 0 Å². The average Bonchev–Trinajstić information content (AvgIpc) is 2.53. The van der Waals surface area contributed by atoms with Crippen LogP contribution in [-0.4, -0.2) is 6.61 Å². The predicted octanol–water partition coefficient (Wildman–Crippen LogP) is 3.75. The first-order valence-corrected chi connectivity index (χ1v) is 8.29. The van der Waals surface area contributed by atoms with E-state index in [0.29, 0.717) is 5.92 Å². The van der Waals surface area contributed by atoms with Crippen molar-refractivity contribution in [3.8, 4) is 5.75 Å². The van der Waals surface area contributed by atoms with E-state index in [1.54, 1.807) is 0 Å². The molecule has 0 aromatic heterocycles. The van der Waals surface area contributed by atoms with Crippen molar-refractivity contribution in [3.05, 3.63) is 63.2 Å². The van der Waals surface area contributed by atoms with E-state index in [0.717, 1.165) is 25.2 Å². The summed E-state index contributed by atoms with van der Waals surface area (Å²) in [5.74, 6) is 7.33. The van der Waals surface area contributed by atoms with E-state index in [1.165, 1.54) is 14.7 Å². The molecule has 3 rings (SSSR count). The SMILES string of the molecule is NNC(CC1CCOc2ccccc21)c1ccccc1I. The second-order valence-corrected chi connectivity index (χ2v) is 6.51. The Morgan fingerprint density at radius 3 is 2.76 bits per heavy atom. The van der Waals surface area contributed by atoms with Crippen molar-refractivity contribution in [1.29, 1.82) is 0 Å². The van der Waals surface area contributed by atoms with Gasteiger partial charge in [-0.15, -0.1) is 0 Å². The number of hydrogen-bond acceptors (Lipinski definition) is 3. The number of hydrazine groups is 1. The fourth-order valence-electron chi connectivity index (χ4n) is 2.99. The summed E-state index contributed by atoms with van der Waals surface area (Å²) in [6, 6.07) is 16.9. The van der Waals surface area contributed by atoms with Gasteiger partial charge in [-0.05, 0) is 64.6 Å². The Balaban J connectivity index is 1.84. The van der Waals surface area contributed by atoms with Crippen LogP contribution >= 0.6 is 22.6 Å². The second-order valence-electron chi connectivity index (χ2n) is 5.35. The lowest BCUT2D eigenvalue weighted by Gasteiger charge is -2.29. The van der Waals surface area contributed by atoms with Crippen molar-refractivity contribution in [2.24, 2.45) is 5.84 Å². The second kappa shape index (κ2) is 6.77. The molecular weight excluding hydrogens is 375 g/mol. The molecule has 0 saturated carbocycles. The number of para-hydroxylation sites is 1. The highest BCUT2D eigenvalue weighted by Crippen LogP contribution is 2.39. The van der Waals surface area contributed by atoms with Crippen LogP contribution in [0, 0.1) is 3.57 Å². The van der Waals surface area contributed by atoms with Gasteiger partial charge in [0.15, 0.2) is 0 Å². The molecule has 0 saturated heterocycles. The molecule has 2 aromatic rings. The Kier molecular flexibility index (Phi) is 4.77. The van der Waals surface area contributed by atoms with Crippen molar-refractivity contribution in [3.63, 3.8) is 0 Å². The van der Waals surface area contributed by atoms with Crippen LogP contribution in [0.4, 0.5) is 0 Å². The largest absolute Gasteiger partial charge is 0.493 e. The molecule has 4 heteroatoms. The molecule has 0 bridgehead atoms. The third-order valence-corrected chi connectivity index (χ3v) is 5.07. The first kappa shape index (κ1) is 14.8. The Bertz CT molecular complexity index is 617. The lowest BCUT2D eigenvalue weighted by Crippen LogP contribution is -2.31. The first-order chi connectivity index (χ1) is 10.3. The molecule has 0 radical (unpaired) electrons. The van der Waals surface area contributed by atoms with E-state index >= 15 is 0 Å². The zero-order valence-corrected chi connectivity index (χ0v) is 13.9. The number of hydrogen-bond donors (Lipinski definition) is 2. The van der Waals surface area contributed by atoms with Crippen LogP contribution in [0.2, 0.25) is 0 Å². The van der Waals surface area contributed by atoms with Gasteiger partial charge in [0.05, 0.1) is 6.61 Å². The highest BCUT2D eigenvalue weighted by atomic mass is 127. The van der Waals surface area contributed by atoms with Crippen LogP contribution < -0.4 is 16.0 Å². The van der Waals surface area contributed by atoms with Crippen molar-refractivity contribution < 1.29 is 4.74 Å². The molecule has 0 amide bonds. The van der Waals surface area contributed by atoms with Gasteiger partial charge in [0.1, 0.15) is 5.75 Å². The van der Waals surface area contributed by atoms with E-state index < -0.39 is 0 Å². The lowest BCUT2D eigenvalue weighted by molar-refractivity contribution is 0.255. The predicted molar refractivity (Wildman–Crippen MR) is 93.1 cm³/mol. The van der Waals surface area contributed by atoms with E-state index in [2.05, 4.69) is 70.5 Å². The molecule has 0 fully saturated rings. The van der Waals surface area contributed by atoms with Gasteiger partial charge in [-0.2, -0.15) is 0 Å². The molecule has 0 aliphatic carbocycles. The first-order valence-electron chi connectivity index (χ1n) is 7.22. The molecule has 3 nitrogen and oxygen atoms in total. The smallest absolute Gasteiger partial charge is 0.122 e. The van der Waals surface area contributed by atoms with Crippen molar-refractivity contribution in [2.75, 3.05) is 6.61 Å². The van der Waals surface area contributed by atoms with Gasteiger partial charge in [-0.3, -0.25) is 11.3 Å². The topological polar surface area (TPSA) is 47.3 Å². The summed E-state index contributed by atoms with van der Waals surface area (Å²) in [5.41, 5.74) is 5.56. The molecule has 2 aromatic carbocycles. The molecule has 2 atom stereocenters. The standard InChI is InChI=1S/C17H19IN2O/c18-15-7-3-1-6-14(15)16(20-19)11-12-9-10-21-17-8-4-2-5-13(12)17/h1-8,12,16,20H,9-11,19H2. The van der Waals surface area contributed by atoms with Crippen LogP contribution in [0.25, 0.3) is 0 Å². The monoisotopic (exact) mass is 394 g/mol. The molecule has 3 N–H and O–H groups in total. The summed E-state index contributed by atoms with van der Waals surface area (Å²) < 4.78 is 6.99. The molecule has 1 aliphatic rings. The zero-order valence-electron chi connectivity index (χ0n) is 11.8. The molecule has 21 heavy (non-hydrogen) atoms. The van der Waals surface area contributed by atoms with Crippen molar-refractivity contribution in [2.45, 2.75) is 24.8 Å². The fourth-order valence-corrected chi connectivity index (χ4v) is 3.75. The van der Waals surface area contributed by atoms with Crippen LogP contribution in [0.15, 0.2) is 48.5 Å². The molecule has 1 aliphatic heterocycles. The van der Waals surface area contributed by atoms with E-state index in [-0.39, 0.29) is 6.04 Å². The summed E-state index contributed by atoms with van der Waals surface area (Å²) in [5, 5.41) is 0. The molecule has 1 heterocycles. The number of benzene rings is 2. The van der Waals surface area contributed by atoms with E-state index in [4.69, 9.17) is 10.6 Å². The third-order valence-electron chi connectivity index (χ3n) is 4.08. The average molecular weight is 394 g/mol. The van der Waals surface area contributed by atoms with Crippen LogP contribution in [0.5, 0.6) is 5.75 Å². The number of rotatable bonds is 4. The lowest BCUT2D eigenvalue weighted by atomic mass is 9.86. The molecule has 110 valence electrons. The van der Waals surface area contributed by atoms with Gasteiger partial charge in [0.2, 0.25) is 0 Å². The van der Waals surface area contributed by atoms with Gasteiger partial charge >= 0.3 is 0 Å². The van der Waals surface area contributed by atoms with Gasteiger partial charge in [-0.1, -0.05) is 36.4 Å². The number of ether oxygens (including phenoxy) is 1. The Hall–Kier alpha value is -1.11. The van der Waals surface area contributed by atoms with E-state index in [9.17, 15) is 0 Å². The van der Waals surface area contributed by atoms with Crippen molar-refractivity contribution >= 4 is 22.6 Å². The maximum absolute atomic E-state index is 5.83. The Morgan fingerprint density at radius 1 is 1.19 bits per heavy atom. The number of nitrogens with two attached hydrogens (primary N) is 1. The summed E-state index contributed by atoms with van der Waals surface area (Å²) in [6.07, 6.45) is 2.02.